The number of anilines is 1. The summed E-state index contributed by atoms with van der Waals surface area (Å²) >= 11 is 1.97. The third-order valence-corrected chi connectivity index (χ3v) is 5.92. The second-order valence-electron chi connectivity index (χ2n) is 6.91. The van der Waals surface area contributed by atoms with Gasteiger partial charge in [0.05, 0.1) is 31.0 Å². The third kappa shape index (κ3) is 5.59. The number of carbonyl (C=O) groups excluding carboxylic acids is 1. The number of hydrogen-bond donors (Lipinski definition) is 1. The fourth-order valence-corrected chi connectivity index (χ4v) is 4.23. The zero-order valence-electron chi connectivity index (χ0n) is 16.1. The summed E-state index contributed by atoms with van der Waals surface area (Å²) in [5.41, 5.74) is 2.62. The Morgan fingerprint density at radius 1 is 1.37 bits per heavy atom. The normalized spacial score (nSPS) is 17.0. The summed E-state index contributed by atoms with van der Waals surface area (Å²) in [5.74, 6) is 2.97. The minimum atomic E-state index is 0.0253. The molecule has 1 fully saturated rings. The van der Waals surface area contributed by atoms with E-state index >= 15 is 0 Å². The topological polar surface area (TPSA) is 60.5 Å². The quantitative estimate of drug-likeness (QED) is 0.671. The summed E-state index contributed by atoms with van der Waals surface area (Å²) in [7, 11) is 1.63. The van der Waals surface area contributed by atoms with Gasteiger partial charge in [0, 0.05) is 35.6 Å². The smallest absolute Gasteiger partial charge is 0.224 e. The number of methoxy groups -OCH3 is 1. The highest BCUT2D eigenvalue weighted by molar-refractivity contribution is 7.99. The molecule has 0 aliphatic carbocycles. The van der Waals surface area contributed by atoms with Crippen molar-refractivity contribution < 1.29 is 14.3 Å². The first-order valence-electron chi connectivity index (χ1n) is 9.60. The number of carbonyl (C=O) groups is 1. The van der Waals surface area contributed by atoms with Gasteiger partial charge in [-0.1, -0.05) is 12.8 Å². The van der Waals surface area contributed by atoms with Gasteiger partial charge >= 0.3 is 0 Å². The van der Waals surface area contributed by atoms with E-state index in [-0.39, 0.29) is 5.91 Å². The maximum absolute atomic E-state index is 12.4. The number of benzene rings is 1. The summed E-state index contributed by atoms with van der Waals surface area (Å²) in [6, 6.07) is 5.76. The minimum absolute atomic E-state index is 0.0253. The molecule has 1 amide bonds. The molecule has 1 N–H and O–H groups in total. The number of ether oxygens (including phenoxy) is 2. The summed E-state index contributed by atoms with van der Waals surface area (Å²) in [6.45, 7) is 2.91. The number of nitrogens with one attached hydrogen (secondary N) is 1. The number of rotatable bonds is 8. The SMILES string of the molecule is COc1cc(NC(=O)CCCCCC2CSCCO2)c2nccc(C)c2c1. The Hall–Kier alpha value is -1.79. The van der Waals surface area contributed by atoms with E-state index in [0.29, 0.717) is 18.2 Å². The first kappa shape index (κ1) is 20.0. The molecule has 0 spiro atoms. The Kier molecular flexibility index (Phi) is 7.35. The van der Waals surface area contributed by atoms with Crippen LogP contribution in [0.25, 0.3) is 10.9 Å². The molecule has 0 saturated carbocycles. The first-order valence-corrected chi connectivity index (χ1v) is 10.8. The van der Waals surface area contributed by atoms with Crippen LogP contribution in [0.1, 0.15) is 37.7 Å². The Morgan fingerprint density at radius 3 is 3.04 bits per heavy atom. The molecule has 2 heterocycles. The lowest BCUT2D eigenvalue weighted by atomic mass is 10.1. The van der Waals surface area contributed by atoms with Gasteiger partial charge in [0.1, 0.15) is 5.75 Å². The summed E-state index contributed by atoms with van der Waals surface area (Å²) in [6.07, 6.45) is 6.83. The highest BCUT2D eigenvalue weighted by Crippen LogP contribution is 2.30. The van der Waals surface area contributed by atoms with Crippen molar-refractivity contribution in [3.05, 3.63) is 30.0 Å². The van der Waals surface area contributed by atoms with Crippen molar-refractivity contribution in [1.29, 1.82) is 0 Å². The second kappa shape index (κ2) is 9.95. The van der Waals surface area contributed by atoms with Crippen LogP contribution in [0, 0.1) is 6.92 Å². The molecular formula is C21H28N2O3S. The average Bonchev–Trinajstić information content (AvgIpc) is 2.69. The van der Waals surface area contributed by atoms with Crippen LogP contribution in [-0.2, 0) is 9.53 Å². The molecule has 3 rings (SSSR count). The van der Waals surface area contributed by atoms with Crippen LogP contribution in [0.2, 0.25) is 0 Å². The molecule has 0 bridgehead atoms. The molecule has 1 aromatic carbocycles. The zero-order chi connectivity index (χ0) is 19.1. The number of amides is 1. The summed E-state index contributed by atoms with van der Waals surface area (Å²) in [4.78, 5) is 16.8. The molecule has 1 atom stereocenters. The van der Waals surface area contributed by atoms with E-state index < -0.39 is 0 Å². The van der Waals surface area contributed by atoms with E-state index in [1.165, 1.54) is 0 Å². The molecule has 1 unspecified atom stereocenters. The Labute approximate surface area is 165 Å². The van der Waals surface area contributed by atoms with Gasteiger partial charge in [-0.15, -0.1) is 0 Å². The highest BCUT2D eigenvalue weighted by Gasteiger charge is 2.14. The van der Waals surface area contributed by atoms with Gasteiger partial charge in [0.25, 0.3) is 0 Å². The molecule has 1 saturated heterocycles. The van der Waals surface area contributed by atoms with Gasteiger partial charge in [-0.05, 0) is 37.5 Å². The second-order valence-corrected chi connectivity index (χ2v) is 8.06. The molecular weight excluding hydrogens is 360 g/mol. The van der Waals surface area contributed by atoms with Crippen LogP contribution in [-0.4, -0.2) is 42.2 Å². The van der Waals surface area contributed by atoms with E-state index in [1.54, 1.807) is 13.3 Å². The number of nitrogens with zero attached hydrogens (tertiary/aromatic N) is 1. The van der Waals surface area contributed by atoms with Crippen LogP contribution in [0.15, 0.2) is 24.4 Å². The van der Waals surface area contributed by atoms with Crippen molar-refractivity contribution in [1.82, 2.24) is 4.98 Å². The van der Waals surface area contributed by atoms with Gasteiger partial charge in [-0.3, -0.25) is 9.78 Å². The number of aromatic nitrogens is 1. The summed E-state index contributed by atoms with van der Waals surface area (Å²) < 4.78 is 11.1. The molecule has 5 nitrogen and oxygen atoms in total. The third-order valence-electron chi connectivity index (χ3n) is 4.86. The first-order chi connectivity index (χ1) is 13.2. The average molecular weight is 389 g/mol. The Bertz CT molecular complexity index is 775. The molecule has 1 aliphatic heterocycles. The standard InChI is InChI=1S/C21H28N2O3S/c1-15-8-9-22-21-18(15)12-17(25-2)13-19(21)23-20(24)7-5-3-4-6-16-14-27-11-10-26-16/h8-9,12-13,16H,3-7,10-11,14H2,1-2H3,(H,23,24). The van der Waals surface area contributed by atoms with E-state index in [9.17, 15) is 4.79 Å². The molecule has 1 aromatic heterocycles. The van der Waals surface area contributed by atoms with Crippen LogP contribution in [0.5, 0.6) is 5.75 Å². The number of aryl methyl sites for hydroxylation is 1. The van der Waals surface area contributed by atoms with Crippen LogP contribution in [0.3, 0.4) is 0 Å². The van der Waals surface area contributed by atoms with Crippen molar-refractivity contribution in [3.8, 4) is 5.75 Å². The predicted molar refractivity (Wildman–Crippen MR) is 112 cm³/mol. The number of hydrogen-bond acceptors (Lipinski definition) is 5. The maximum atomic E-state index is 12.4. The van der Waals surface area contributed by atoms with Gasteiger partial charge < -0.3 is 14.8 Å². The van der Waals surface area contributed by atoms with Crippen molar-refractivity contribution in [2.75, 3.05) is 30.5 Å². The van der Waals surface area contributed by atoms with Crippen LogP contribution >= 0.6 is 11.8 Å². The van der Waals surface area contributed by atoms with Gasteiger partial charge in [0.15, 0.2) is 0 Å². The Morgan fingerprint density at radius 2 is 2.26 bits per heavy atom. The number of fused-ring (bicyclic) bond motifs is 1. The van der Waals surface area contributed by atoms with Gasteiger partial charge in [-0.25, -0.2) is 0 Å². The lowest BCUT2D eigenvalue weighted by Gasteiger charge is -2.21. The largest absolute Gasteiger partial charge is 0.497 e. The van der Waals surface area contributed by atoms with E-state index in [4.69, 9.17) is 9.47 Å². The summed E-state index contributed by atoms with van der Waals surface area (Å²) in [5, 5.41) is 4.02. The molecule has 27 heavy (non-hydrogen) atoms. The van der Waals surface area contributed by atoms with Crippen molar-refractivity contribution >= 4 is 34.3 Å². The number of thioether (sulfide) groups is 1. The van der Waals surface area contributed by atoms with Crippen molar-refractivity contribution in [2.24, 2.45) is 0 Å². The highest BCUT2D eigenvalue weighted by atomic mass is 32.2. The molecule has 6 heteroatoms. The van der Waals surface area contributed by atoms with Gasteiger partial charge in [-0.2, -0.15) is 11.8 Å². The monoisotopic (exact) mass is 388 g/mol. The van der Waals surface area contributed by atoms with Crippen LogP contribution < -0.4 is 10.1 Å². The lowest BCUT2D eigenvalue weighted by molar-refractivity contribution is -0.116. The van der Waals surface area contributed by atoms with Crippen molar-refractivity contribution in [3.63, 3.8) is 0 Å². The maximum Gasteiger partial charge on any atom is 0.224 e. The van der Waals surface area contributed by atoms with E-state index in [0.717, 1.165) is 66.0 Å². The number of unbranched alkanes of at least 4 members (excludes halogenated alkanes) is 2. The lowest BCUT2D eigenvalue weighted by Crippen LogP contribution is -2.22. The zero-order valence-corrected chi connectivity index (χ0v) is 16.9. The number of pyridine rings is 1. The minimum Gasteiger partial charge on any atom is -0.497 e. The fourth-order valence-electron chi connectivity index (χ4n) is 3.32. The van der Waals surface area contributed by atoms with Gasteiger partial charge in [0.2, 0.25) is 5.91 Å². The Balaban J connectivity index is 1.51. The molecule has 1 aliphatic rings. The van der Waals surface area contributed by atoms with E-state index in [1.807, 2.05) is 36.9 Å². The molecule has 146 valence electrons. The fraction of sp³-hybridized carbons (Fsp3) is 0.524. The van der Waals surface area contributed by atoms with E-state index in [2.05, 4.69) is 10.3 Å². The van der Waals surface area contributed by atoms with Crippen LogP contribution in [0.4, 0.5) is 5.69 Å². The molecule has 0 radical (unpaired) electrons. The van der Waals surface area contributed by atoms with Crippen molar-refractivity contribution in [2.45, 2.75) is 45.1 Å². The predicted octanol–water partition coefficient (Wildman–Crippen LogP) is 4.57. The molecule has 2 aromatic rings.